The van der Waals surface area contributed by atoms with Gasteiger partial charge in [-0.3, -0.25) is 0 Å². The van der Waals surface area contributed by atoms with E-state index in [0.717, 1.165) is 24.5 Å². The summed E-state index contributed by atoms with van der Waals surface area (Å²) in [7, 11) is 0. The van der Waals surface area contributed by atoms with Gasteiger partial charge in [0.1, 0.15) is 12.2 Å². The van der Waals surface area contributed by atoms with E-state index in [0.29, 0.717) is 6.04 Å². The SMILES string of the molecule is CCNC(Cc1ncnn1C(C)C)c1cn[nH]n1. The first-order chi connectivity index (χ1) is 8.72. The molecule has 18 heavy (non-hydrogen) atoms. The Morgan fingerprint density at radius 3 is 2.89 bits per heavy atom. The van der Waals surface area contributed by atoms with Crippen LogP contribution in [0.4, 0.5) is 0 Å². The summed E-state index contributed by atoms with van der Waals surface area (Å²) < 4.78 is 1.93. The predicted molar refractivity (Wildman–Crippen MR) is 66.9 cm³/mol. The highest BCUT2D eigenvalue weighted by Gasteiger charge is 2.18. The lowest BCUT2D eigenvalue weighted by Gasteiger charge is -2.16. The Morgan fingerprint density at radius 1 is 1.44 bits per heavy atom. The van der Waals surface area contributed by atoms with Crippen LogP contribution in [0.3, 0.4) is 0 Å². The van der Waals surface area contributed by atoms with Crippen molar-refractivity contribution >= 4 is 0 Å². The van der Waals surface area contributed by atoms with Gasteiger partial charge in [0.25, 0.3) is 0 Å². The smallest absolute Gasteiger partial charge is 0.138 e. The van der Waals surface area contributed by atoms with E-state index in [1.54, 1.807) is 12.5 Å². The number of hydrogen-bond acceptors (Lipinski definition) is 5. The summed E-state index contributed by atoms with van der Waals surface area (Å²) in [5.41, 5.74) is 0.898. The molecule has 0 radical (unpaired) electrons. The molecule has 0 fully saturated rings. The van der Waals surface area contributed by atoms with E-state index in [1.807, 2.05) is 4.68 Å². The molecule has 0 amide bonds. The summed E-state index contributed by atoms with van der Waals surface area (Å²) in [4.78, 5) is 4.32. The molecule has 0 aromatic carbocycles. The minimum absolute atomic E-state index is 0.107. The minimum atomic E-state index is 0.107. The fourth-order valence-electron chi connectivity index (χ4n) is 1.94. The molecule has 2 aromatic rings. The molecular weight excluding hydrogens is 230 g/mol. The van der Waals surface area contributed by atoms with Gasteiger partial charge in [0.2, 0.25) is 0 Å². The maximum absolute atomic E-state index is 4.32. The van der Waals surface area contributed by atoms with Gasteiger partial charge in [-0.25, -0.2) is 9.67 Å². The number of aromatic amines is 1. The average molecular weight is 249 g/mol. The Hall–Kier alpha value is -1.76. The molecule has 2 rings (SSSR count). The fourth-order valence-corrected chi connectivity index (χ4v) is 1.94. The monoisotopic (exact) mass is 249 g/mol. The number of aromatic nitrogens is 6. The van der Waals surface area contributed by atoms with Crippen LogP contribution in [0.1, 0.15) is 44.4 Å². The van der Waals surface area contributed by atoms with Crippen LogP contribution in [0.15, 0.2) is 12.5 Å². The van der Waals surface area contributed by atoms with Crippen LogP contribution in [0.5, 0.6) is 0 Å². The predicted octanol–water partition coefficient (Wildman–Crippen LogP) is 0.870. The summed E-state index contributed by atoms with van der Waals surface area (Å²) >= 11 is 0. The fraction of sp³-hybridized carbons (Fsp3) is 0.636. The topological polar surface area (TPSA) is 84.3 Å². The van der Waals surface area contributed by atoms with Crippen molar-refractivity contribution in [1.82, 2.24) is 35.5 Å². The Labute approximate surface area is 106 Å². The molecule has 0 aliphatic rings. The lowest BCUT2D eigenvalue weighted by Crippen LogP contribution is -2.25. The van der Waals surface area contributed by atoms with Gasteiger partial charge in [-0.2, -0.15) is 20.5 Å². The van der Waals surface area contributed by atoms with Crippen LogP contribution in [0, 0.1) is 0 Å². The highest BCUT2D eigenvalue weighted by molar-refractivity contribution is 5.04. The number of nitrogens with one attached hydrogen (secondary N) is 2. The van der Waals surface area contributed by atoms with Crippen molar-refractivity contribution in [2.75, 3.05) is 6.54 Å². The van der Waals surface area contributed by atoms with E-state index in [9.17, 15) is 0 Å². The minimum Gasteiger partial charge on any atom is -0.308 e. The van der Waals surface area contributed by atoms with Crippen LogP contribution in [-0.4, -0.2) is 36.7 Å². The molecule has 1 unspecified atom stereocenters. The highest BCUT2D eigenvalue weighted by atomic mass is 15.4. The summed E-state index contributed by atoms with van der Waals surface area (Å²) in [5, 5.41) is 18.3. The largest absolute Gasteiger partial charge is 0.308 e. The van der Waals surface area contributed by atoms with Gasteiger partial charge in [0.15, 0.2) is 0 Å². The van der Waals surface area contributed by atoms with Gasteiger partial charge >= 0.3 is 0 Å². The zero-order chi connectivity index (χ0) is 13.0. The lowest BCUT2D eigenvalue weighted by atomic mass is 10.1. The van der Waals surface area contributed by atoms with Crippen LogP contribution in [0.25, 0.3) is 0 Å². The standard InChI is InChI=1S/C11H19N7/c1-4-12-9(10-6-14-17-16-10)5-11-13-7-15-18(11)8(2)3/h6-9,12H,4-5H2,1-3H3,(H,14,16,17). The van der Waals surface area contributed by atoms with E-state index in [1.165, 1.54) is 0 Å². The van der Waals surface area contributed by atoms with Gasteiger partial charge < -0.3 is 5.32 Å². The van der Waals surface area contributed by atoms with Gasteiger partial charge in [-0.05, 0) is 20.4 Å². The number of hydrogen-bond donors (Lipinski definition) is 2. The van der Waals surface area contributed by atoms with Gasteiger partial charge in [-0.15, -0.1) is 0 Å². The number of nitrogens with zero attached hydrogens (tertiary/aromatic N) is 5. The maximum Gasteiger partial charge on any atom is 0.138 e. The molecule has 0 saturated carbocycles. The van der Waals surface area contributed by atoms with Crippen LogP contribution in [0.2, 0.25) is 0 Å². The summed E-state index contributed by atoms with van der Waals surface area (Å²) in [6, 6.07) is 0.414. The normalized spacial score (nSPS) is 13.1. The van der Waals surface area contributed by atoms with Crippen molar-refractivity contribution < 1.29 is 0 Å². The van der Waals surface area contributed by atoms with E-state index >= 15 is 0 Å². The van der Waals surface area contributed by atoms with Gasteiger partial charge in [-0.1, -0.05) is 6.92 Å². The maximum atomic E-state index is 4.32. The molecule has 2 N–H and O–H groups in total. The second-order valence-corrected chi connectivity index (χ2v) is 4.42. The first-order valence-electron chi connectivity index (χ1n) is 6.19. The second-order valence-electron chi connectivity index (χ2n) is 4.42. The van der Waals surface area contributed by atoms with Crippen LogP contribution < -0.4 is 5.32 Å². The molecule has 2 aromatic heterocycles. The Bertz CT molecular complexity index is 459. The zero-order valence-electron chi connectivity index (χ0n) is 11.0. The lowest BCUT2D eigenvalue weighted by molar-refractivity contribution is 0.464. The summed E-state index contributed by atoms with van der Waals surface area (Å²) in [6.07, 6.45) is 4.09. The quantitative estimate of drug-likeness (QED) is 0.793. The highest BCUT2D eigenvalue weighted by Crippen LogP contribution is 2.16. The molecule has 7 heteroatoms. The van der Waals surface area contributed by atoms with E-state index in [-0.39, 0.29) is 6.04 Å². The molecule has 0 saturated heterocycles. The van der Waals surface area contributed by atoms with Crippen molar-refractivity contribution in [1.29, 1.82) is 0 Å². The summed E-state index contributed by atoms with van der Waals surface area (Å²) in [5.74, 6) is 0.957. The van der Waals surface area contributed by atoms with Crippen molar-refractivity contribution in [3.8, 4) is 0 Å². The molecule has 0 aliphatic heterocycles. The van der Waals surface area contributed by atoms with Gasteiger partial charge in [0, 0.05) is 12.5 Å². The first-order valence-corrected chi connectivity index (χ1v) is 6.19. The summed E-state index contributed by atoms with van der Waals surface area (Å²) in [6.45, 7) is 7.13. The molecule has 0 aliphatic carbocycles. The average Bonchev–Trinajstić information content (AvgIpc) is 2.99. The van der Waals surface area contributed by atoms with E-state index < -0.39 is 0 Å². The third-order valence-electron chi connectivity index (χ3n) is 2.76. The Balaban J connectivity index is 2.16. The third-order valence-corrected chi connectivity index (χ3v) is 2.76. The first kappa shape index (κ1) is 12.7. The van der Waals surface area contributed by atoms with E-state index in [2.05, 4.69) is 51.6 Å². The molecular formula is C11H19N7. The van der Waals surface area contributed by atoms with Crippen LogP contribution in [-0.2, 0) is 6.42 Å². The number of H-pyrrole nitrogens is 1. The molecule has 7 nitrogen and oxygen atoms in total. The Kier molecular flexibility index (Phi) is 4.03. The third kappa shape index (κ3) is 2.73. The number of rotatable bonds is 6. The number of likely N-dealkylation sites (N-methyl/N-ethyl adjacent to an activating group) is 1. The van der Waals surface area contributed by atoms with Crippen molar-refractivity contribution in [2.24, 2.45) is 0 Å². The van der Waals surface area contributed by atoms with E-state index in [4.69, 9.17) is 0 Å². The Morgan fingerprint density at radius 2 is 2.28 bits per heavy atom. The van der Waals surface area contributed by atoms with Crippen molar-refractivity contribution in [3.05, 3.63) is 24.0 Å². The van der Waals surface area contributed by atoms with Crippen LogP contribution >= 0.6 is 0 Å². The van der Waals surface area contributed by atoms with Crippen molar-refractivity contribution in [2.45, 2.75) is 39.3 Å². The molecule has 0 spiro atoms. The second kappa shape index (κ2) is 5.72. The molecule has 2 heterocycles. The van der Waals surface area contributed by atoms with Crippen molar-refractivity contribution in [3.63, 3.8) is 0 Å². The zero-order valence-corrected chi connectivity index (χ0v) is 11.0. The van der Waals surface area contributed by atoms with Gasteiger partial charge in [0.05, 0.1) is 17.9 Å². The molecule has 98 valence electrons. The molecule has 1 atom stereocenters. The molecule has 0 bridgehead atoms.